The molecule has 0 saturated heterocycles. The highest BCUT2D eigenvalue weighted by molar-refractivity contribution is 6.99. The molecule has 0 saturated carbocycles. The fourth-order valence-corrected chi connectivity index (χ4v) is 1.62. The van der Waals surface area contributed by atoms with E-state index in [1.54, 1.807) is 12.4 Å². The third-order valence-corrected chi connectivity index (χ3v) is 2.24. The molecule has 0 radical (unpaired) electrons. The summed E-state index contributed by atoms with van der Waals surface area (Å²) in [7, 11) is 0. The van der Waals surface area contributed by atoms with Crippen molar-refractivity contribution in [2.24, 2.45) is 0 Å². The maximum atomic E-state index is 8.64. The first-order chi connectivity index (χ1) is 7.42. The summed E-state index contributed by atoms with van der Waals surface area (Å²) in [6.07, 6.45) is 3.39. The normalized spacial score (nSPS) is 10.2. The lowest BCUT2D eigenvalue weighted by Gasteiger charge is -2.01. The minimum absolute atomic E-state index is 0.0377. The van der Waals surface area contributed by atoms with Gasteiger partial charge in [0.25, 0.3) is 5.88 Å². The molecule has 0 bridgehead atoms. The molecule has 0 aliphatic rings. The summed E-state index contributed by atoms with van der Waals surface area (Å²) in [6, 6.07) is 3.71. The summed E-state index contributed by atoms with van der Waals surface area (Å²) >= 11 is 1.08. The number of aliphatic hydroxyl groups is 1. The van der Waals surface area contributed by atoms with Crippen LogP contribution in [0.25, 0.3) is 11.3 Å². The summed E-state index contributed by atoms with van der Waals surface area (Å²) in [6.45, 7) is 0.183. The van der Waals surface area contributed by atoms with Crippen molar-refractivity contribution in [3.63, 3.8) is 0 Å². The quantitative estimate of drug-likeness (QED) is 0.836. The van der Waals surface area contributed by atoms with Crippen molar-refractivity contribution in [2.75, 3.05) is 13.2 Å². The lowest BCUT2D eigenvalue weighted by molar-refractivity contribution is 0.198. The van der Waals surface area contributed by atoms with E-state index in [2.05, 4.69) is 13.7 Å². The second-order valence-electron chi connectivity index (χ2n) is 2.73. The van der Waals surface area contributed by atoms with Crippen LogP contribution < -0.4 is 4.74 Å². The zero-order chi connectivity index (χ0) is 10.5. The number of hydrogen-bond acceptors (Lipinski definition) is 6. The van der Waals surface area contributed by atoms with Gasteiger partial charge in [-0.25, -0.2) is 0 Å². The van der Waals surface area contributed by atoms with Gasteiger partial charge in [0.1, 0.15) is 12.3 Å². The number of pyridine rings is 1. The van der Waals surface area contributed by atoms with Crippen molar-refractivity contribution < 1.29 is 9.84 Å². The van der Waals surface area contributed by atoms with Gasteiger partial charge in [-0.3, -0.25) is 4.98 Å². The topological polar surface area (TPSA) is 68.1 Å². The molecule has 2 heterocycles. The molecule has 78 valence electrons. The van der Waals surface area contributed by atoms with Crippen molar-refractivity contribution >= 4 is 11.7 Å². The van der Waals surface area contributed by atoms with Gasteiger partial charge >= 0.3 is 0 Å². The minimum atomic E-state index is -0.0377. The molecule has 0 aliphatic heterocycles. The monoisotopic (exact) mass is 223 g/mol. The average Bonchev–Trinajstić information content (AvgIpc) is 2.75. The second-order valence-corrected chi connectivity index (χ2v) is 3.26. The molecule has 2 aromatic heterocycles. The van der Waals surface area contributed by atoms with Crippen LogP contribution in [0.5, 0.6) is 5.88 Å². The molecule has 0 aliphatic carbocycles. The molecule has 0 atom stereocenters. The van der Waals surface area contributed by atoms with Crippen molar-refractivity contribution in [1.29, 1.82) is 0 Å². The van der Waals surface area contributed by atoms with Gasteiger partial charge in [0.2, 0.25) is 0 Å². The van der Waals surface area contributed by atoms with Crippen LogP contribution in [0.15, 0.2) is 24.5 Å². The minimum Gasteiger partial charge on any atom is -0.473 e. The Morgan fingerprint density at radius 1 is 1.40 bits per heavy atom. The third kappa shape index (κ3) is 2.28. The molecule has 0 unspecified atom stereocenters. The lowest BCUT2D eigenvalue weighted by Crippen LogP contribution is -2.02. The van der Waals surface area contributed by atoms with E-state index in [4.69, 9.17) is 9.84 Å². The van der Waals surface area contributed by atoms with Crippen LogP contribution in [0.3, 0.4) is 0 Å². The van der Waals surface area contributed by atoms with E-state index in [0.717, 1.165) is 17.3 Å². The van der Waals surface area contributed by atoms with Crippen LogP contribution in [0.2, 0.25) is 0 Å². The van der Waals surface area contributed by atoms with E-state index in [-0.39, 0.29) is 13.2 Å². The highest BCUT2D eigenvalue weighted by Crippen LogP contribution is 2.26. The molecule has 15 heavy (non-hydrogen) atoms. The summed E-state index contributed by atoms with van der Waals surface area (Å²) in [4.78, 5) is 3.99. The predicted molar refractivity (Wildman–Crippen MR) is 55.7 cm³/mol. The summed E-state index contributed by atoms with van der Waals surface area (Å²) in [5.74, 6) is 0.446. The molecule has 2 rings (SSSR count). The van der Waals surface area contributed by atoms with E-state index < -0.39 is 0 Å². The number of ether oxygens (including phenoxy) is 1. The first-order valence-electron chi connectivity index (χ1n) is 4.38. The van der Waals surface area contributed by atoms with Gasteiger partial charge in [0.05, 0.1) is 18.3 Å². The molecule has 6 heteroatoms. The van der Waals surface area contributed by atoms with Crippen LogP contribution in [0.1, 0.15) is 0 Å². The molecule has 0 amide bonds. The van der Waals surface area contributed by atoms with Crippen molar-refractivity contribution in [2.45, 2.75) is 0 Å². The van der Waals surface area contributed by atoms with Gasteiger partial charge in [0.15, 0.2) is 0 Å². The number of nitrogens with zero attached hydrogens (tertiary/aromatic N) is 3. The fraction of sp³-hybridized carbons (Fsp3) is 0.222. The largest absolute Gasteiger partial charge is 0.473 e. The van der Waals surface area contributed by atoms with E-state index in [1.165, 1.54) is 0 Å². The summed E-state index contributed by atoms with van der Waals surface area (Å²) in [5.41, 5.74) is 1.53. The molecule has 0 aromatic carbocycles. The smallest absolute Gasteiger partial charge is 0.254 e. The molecular formula is C9H9N3O2S. The number of rotatable bonds is 4. The zero-order valence-electron chi connectivity index (χ0n) is 7.83. The van der Waals surface area contributed by atoms with Crippen LogP contribution in [0.4, 0.5) is 0 Å². The Morgan fingerprint density at radius 3 is 3.07 bits per heavy atom. The summed E-state index contributed by atoms with van der Waals surface area (Å²) in [5, 5.41) is 8.64. The van der Waals surface area contributed by atoms with E-state index >= 15 is 0 Å². The third-order valence-electron chi connectivity index (χ3n) is 1.72. The highest BCUT2D eigenvalue weighted by Gasteiger charge is 2.11. The maximum Gasteiger partial charge on any atom is 0.254 e. The number of aliphatic hydroxyl groups excluding tert-OH is 1. The van der Waals surface area contributed by atoms with E-state index in [0.29, 0.717) is 11.6 Å². The first-order valence-corrected chi connectivity index (χ1v) is 5.11. The van der Waals surface area contributed by atoms with Crippen molar-refractivity contribution in [1.82, 2.24) is 13.7 Å². The van der Waals surface area contributed by atoms with E-state index in [9.17, 15) is 0 Å². The molecule has 0 spiro atoms. The van der Waals surface area contributed by atoms with Gasteiger partial charge in [-0.1, -0.05) is 0 Å². The van der Waals surface area contributed by atoms with Crippen LogP contribution in [0, 0.1) is 0 Å². The van der Waals surface area contributed by atoms with Gasteiger partial charge in [-0.2, -0.15) is 4.37 Å². The molecule has 1 N–H and O–H groups in total. The van der Waals surface area contributed by atoms with Crippen LogP contribution in [-0.4, -0.2) is 32.1 Å². The Labute approximate surface area is 90.7 Å². The number of hydrogen-bond donors (Lipinski definition) is 1. The molecular weight excluding hydrogens is 214 g/mol. The van der Waals surface area contributed by atoms with Gasteiger partial charge in [-0.05, 0) is 12.1 Å². The average molecular weight is 223 g/mol. The van der Waals surface area contributed by atoms with Crippen LogP contribution >= 0.6 is 11.7 Å². The molecule has 0 fully saturated rings. The number of aromatic nitrogens is 3. The molecule has 2 aromatic rings. The molecule has 5 nitrogen and oxygen atoms in total. The van der Waals surface area contributed by atoms with Gasteiger partial charge in [0, 0.05) is 18.0 Å². The predicted octanol–water partition coefficient (Wildman–Crippen LogP) is 0.971. The Kier molecular flexibility index (Phi) is 3.21. The fourth-order valence-electron chi connectivity index (χ4n) is 1.10. The van der Waals surface area contributed by atoms with Crippen LogP contribution in [-0.2, 0) is 0 Å². The Balaban J connectivity index is 2.25. The Bertz CT molecular complexity index is 418. The highest BCUT2D eigenvalue weighted by atomic mass is 32.1. The summed E-state index contributed by atoms with van der Waals surface area (Å²) < 4.78 is 13.4. The maximum absolute atomic E-state index is 8.64. The van der Waals surface area contributed by atoms with Crippen molar-refractivity contribution in [3.8, 4) is 17.1 Å². The SMILES string of the molecule is OCCOc1nsnc1-c1cccnc1. The first kappa shape index (κ1) is 10.0. The zero-order valence-corrected chi connectivity index (χ0v) is 8.65. The Morgan fingerprint density at radius 2 is 2.33 bits per heavy atom. The van der Waals surface area contributed by atoms with Crippen molar-refractivity contribution in [3.05, 3.63) is 24.5 Å². The standard InChI is InChI=1S/C9H9N3O2S/c13-4-5-14-9-8(11-15-12-9)7-2-1-3-10-6-7/h1-3,6,13H,4-5H2. The van der Waals surface area contributed by atoms with E-state index in [1.807, 2.05) is 12.1 Å². The van der Waals surface area contributed by atoms with Gasteiger partial charge < -0.3 is 9.84 Å². The second kappa shape index (κ2) is 4.81. The Hall–Kier alpha value is -1.53. The van der Waals surface area contributed by atoms with Gasteiger partial charge in [-0.15, -0.1) is 4.37 Å². The lowest BCUT2D eigenvalue weighted by atomic mass is 10.2.